The standard InChI is InChI=1S/C23H26N4O2S/c28-21-4-2-1-3-18(21)26-23-27-19-6-5-16(14-22(19)30-23)29-17-9-12-25-20(13-17)15-7-10-24-11-8-15/h5-7,9,12-14,18,21,24,28H,1-4,8,10-11H2,(H,26,27)/t18-,21-/m1/s1. The Balaban J connectivity index is 1.32. The van der Waals surface area contributed by atoms with E-state index < -0.39 is 0 Å². The molecule has 2 aromatic heterocycles. The number of ether oxygens (including phenoxy) is 1. The molecule has 1 aliphatic carbocycles. The van der Waals surface area contributed by atoms with Gasteiger partial charge in [0.05, 0.1) is 28.1 Å². The first-order chi connectivity index (χ1) is 14.7. The van der Waals surface area contributed by atoms with Crippen molar-refractivity contribution in [2.24, 2.45) is 0 Å². The second-order valence-corrected chi connectivity index (χ2v) is 8.94. The zero-order valence-corrected chi connectivity index (χ0v) is 17.6. The van der Waals surface area contributed by atoms with Crippen molar-refractivity contribution < 1.29 is 9.84 Å². The lowest BCUT2D eigenvalue weighted by atomic mass is 9.93. The minimum Gasteiger partial charge on any atom is -0.457 e. The van der Waals surface area contributed by atoms with Crippen molar-refractivity contribution in [2.45, 2.75) is 44.2 Å². The van der Waals surface area contributed by atoms with Gasteiger partial charge in [-0.2, -0.15) is 0 Å². The van der Waals surface area contributed by atoms with Crippen LogP contribution in [0.2, 0.25) is 0 Å². The van der Waals surface area contributed by atoms with Crippen molar-refractivity contribution >= 4 is 32.3 Å². The molecule has 2 aliphatic rings. The van der Waals surface area contributed by atoms with Crippen LogP contribution in [0, 0.1) is 0 Å². The van der Waals surface area contributed by atoms with Crippen LogP contribution < -0.4 is 15.4 Å². The monoisotopic (exact) mass is 422 g/mol. The van der Waals surface area contributed by atoms with E-state index in [1.165, 1.54) is 5.57 Å². The number of pyridine rings is 1. The van der Waals surface area contributed by atoms with Crippen molar-refractivity contribution in [2.75, 3.05) is 18.4 Å². The minimum atomic E-state index is -0.291. The molecule has 1 aromatic carbocycles. The zero-order chi connectivity index (χ0) is 20.3. The fourth-order valence-corrected chi connectivity index (χ4v) is 5.07. The van der Waals surface area contributed by atoms with Crippen LogP contribution in [0.15, 0.2) is 42.6 Å². The average Bonchev–Trinajstić information content (AvgIpc) is 3.18. The highest BCUT2D eigenvalue weighted by atomic mass is 32.1. The Morgan fingerprint density at radius 3 is 2.90 bits per heavy atom. The maximum absolute atomic E-state index is 10.2. The predicted octanol–water partition coefficient (Wildman–Crippen LogP) is 4.58. The fraction of sp³-hybridized carbons (Fsp3) is 0.391. The number of benzene rings is 1. The number of nitrogens with zero attached hydrogens (tertiary/aromatic N) is 2. The van der Waals surface area contributed by atoms with E-state index in [0.717, 1.165) is 77.7 Å². The van der Waals surface area contributed by atoms with Crippen LogP contribution in [0.4, 0.5) is 5.13 Å². The molecule has 6 nitrogen and oxygen atoms in total. The third-order valence-electron chi connectivity index (χ3n) is 5.76. The molecule has 3 N–H and O–H groups in total. The van der Waals surface area contributed by atoms with E-state index in [9.17, 15) is 5.11 Å². The number of anilines is 1. The van der Waals surface area contributed by atoms with Gasteiger partial charge in [-0.25, -0.2) is 4.98 Å². The average molecular weight is 423 g/mol. The summed E-state index contributed by atoms with van der Waals surface area (Å²) in [6, 6.07) is 9.95. The minimum absolute atomic E-state index is 0.0922. The first-order valence-electron chi connectivity index (χ1n) is 10.6. The summed E-state index contributed by atoms with van der Waals surface area (Å²) in [5.41, 5.74) is 3.18. The van der Waals surface area contributed by atoms with Crippen LogP contribution in [0.25, 0.3) is 15.8 Å². The molecule has 3 aromatic rings. The van der Waals surface area contributed by atoms with Crippen LogP contribution in [-0.4, -0.2) is 40.3 Å². The number of aromatic nitrogens is 2. The predicted molar refractivity (Wildman–Crippen MR) is 121 cm³/mol. The molecule has 1 saturated carbocycles. The van der Waals surface area contributed by atoms with Crippen LogP contribution in [0.1, 0.15) is 37.8 Å². The van der Waals surface area contributed by atoms with Gasteiger partial charge in [0.25, 0.3) is 0 Å². The molecule has 1 aliphatic heterocycles. The summed E-state index contributed by atoms with van der Waals surface area (Å²) < 4.78 is 7.20. The highest BCUT2D eigenvalue weighted by Gasteiger charge is 2.23. The second-order valence-electron chi connectivity index (χ2n) is 7.91. The maximum atomic E-state index is 10.2. The van der Waals surface area contributed by atoms with E-state index in [4.69, 9.17) is 4.74 Å². The molecular weight excluding hydrogens is 396 g/mol. The topological polar surface area (TPSA) is 79.3 Å². The van der Waals surface area contributed by atoms with Crippen LogP contribution in [0.3, 0.4) is 0 Å². The number of fused-ring (bicyclic) bond motifs is 1. The van der Waals surface area contributed by atoms with Gasteiger partial charge in [0.1, 0.15) is 11.5 Å². The Morgan fingerprint density at radius 2 is 2.03 bits per heavy atom. The largest absolute Gasteiger partial charge is 0.457 e. The van der Waals surface area contributed by atoms with E-state index in [-0.39, 0.29) is 12.1 Å². The molecule has 30 heavy (non-hydrogen) atoms. The normalized spacial score (nSPS) is 22.0. The summed E-state index contributed by atoms with van der Waals surface area (Å²) in [5, 5.41) is 17.8. The van der Waals surface area contributed by atoms with Crippen molar-refractivity contribution in [1.82, 2.24) is 15.3 Å². The molecule has 2 atom stereocenters. The number of aliphatic hydroxyl groups is 1. The Hall–Kier alpha value is -2.48. The number of rotatable bonds is 5. The molecule has 0 unspecified atom stereocenters. The van der Waals surface area contributed by atoms with Gasteiger partial charge in [-0.05, 0) is 49.6 Å². The number of hydrogen-bond acceptors (Lipinski definition) is 7. The van der Waals surface area contributed by atoms with Gasteiger partial charge in [0.2, 0.25) is 0 Å². The highest BCUT2D eigenvalue weighted by molar-refractivity contribution is 7.22. The van der Waals surface area contributed by atoms with Crippen molar-refractivity contribution in [1.29, 1.82) is 0 Å². The Labute approximate surface area is 180 Å². The third-order valence-corrected chi connectivity index (χ3v) is 6.71. The van der Waals surface area contributed by atoms with Crippen LogP contribution in [-0.2, 0) is 0 Å². The number of hydrogen-bond donors (Lipinski definition) is 3. The molecule has 0 radical (unpaired) electrons. The first kappa shape index (κ1) is 19.5. The Morgan fingerprint density at radius 1 is 1.13 bits per heavy atom. The molecular formula is C23H26N4O2S. The summed E-state index contributed by atoms with van der Waals surface area (Å²) in [4.78, 5) is 9.19. The highest BCUT2D eigenvalue weighted by Crippen LogP contribution is 2.33. The van der Waals surface area contributed by atoms with Gasteiger partial charge < -0.3 is 20.5 Å². The lowest BCUT2D eigenvalue weighted by Crippen LogP contribution is -2.36. The van der Waals surface area contributed by atoms with E-state index in [1.54, 1.807) is 17.5 Å². The molecule has 5 rings (SSSR count). The number of nitrogens with one attached hydrogen (secondary N) is 2. The quantitative estimate of drug-likeness (QED) is 0.559. The Bertz CT molecular complexity index is 1060. The lowest BCUT2D eigenvalue weighted by Gasteiger charge is -2.27. The maximum Gasteiger partial charge on any atom is 0.184 e. The summed E-state index contributed by atoms with van der Waals surface area (Å²) in [5.74, 6) is 1.57. The lowest BCUT2D eigenvalue weighted by molar-refractivity contribution is 0.116. The molecule has 0 amide bonds. The van der Waals surface area contributed by atoms with Crippen LogP contribution >= 0.6 is 11.3 Å². The van der Waals surface area contributed by atoms with Gasteiger partial charge in [-0.1, -0.05) is 30.3 Å². The molecule has 1 fully saturated rings. The second kappa shape index (κ2) is 8.71. The van der Waals surface area contributed by atoms with Crippen molar-refractivity contribution in [3.8, 4) is 11.5 Å². The molecule has 7 heteroatoms. The van der Waals surface area contributed by atoms with Gasteiger partial charge >= 0.3 is 0 Å². The van der Waals surface area contributed by atoms with E-state index in [1.807, 2.05) is 30.3 Å². The fourth-order valence-electron chi connectivity index (χ4n) is 4.11. The van der Waals surface area contributed by atoms with Gasteiger partial charge in [-0.3, -0.25) is 4.98 Å². The van der Waals surface area contributed by atoms with Crippen molar-refractivity contribution in [3.63, 3.8) is 0 Å². The first-order valence-corrected chi connectivity index (χ1v) is 11.5. The van der Waals surface area contributed by atoms with Crippen molar-refractivity contribution in [3.05, 3.63) is 48.3 Å². The Kier molecular flexibility index (Phi) is 5.66. The molecule has 0 spiro atoms. The molecule has 156 valence electrons. The SMILES string of the molecule is O[C@@H]1CCCC[C@H]1Nc1nc2ccc(Oc3ccnc(C4=CCNCC4)c3)cc2s1. The summed E-state index contributed by atoms with van der Waals surface area (Å²) in [7, 11) is 0. The van der Waals surface area contributed by atoms with Gasteiger partial charge in [0, 0.05) is 24.9 Å². The molecule has 0 bridgehead atoms. The van der Waals surface area contributed by atoms with Gasteiger partial charge in [0.15, 0.2) is 5.13 Å². The molecule has 3 heterocycles. The summed E-state index contributed by atoms with van der Waals surface area (Å²) in [6.45, 7) is 1.87. The number of aliphatic hydroxyl groups excluding tert-OH is 1. The summed E-state index contributed by atoms with van der Waals surface area (Å²) >= 11 is 1.60. The van der Waals surface area contributed by atoms with E-state index in [0.29, 0.717) is 0 Å². The zero-order valence-electron chi connectivity index (χ0n) is 16.8. The van der Waals surface area contributed by atoms with E-state index >= 15 is 0 Å². The van der Waals surface area contributed by atoms with Crippen LogP contribution in [0.5, 0.6) is 11.5 Å². The third kappa shape index (κ3) is 4.33. The summed E-state index contributed by atoms with van der Waals surface area (Å²) in [6.07, 6.45) is 8.79. The van der Waals surface area contributed by atoms with Gasteiger partial charge in [-0.15, -0.1) is 0 Å². The smallest absolute Gasteiger partial charge is 0.184 e. The van der Waals surface area contributed by atoms with E-state index in [2.05, 4.69) is 26.7 Å². The number of thiazole rings is 1. The molecule has 0 saturated heterocycles.